The average molecular weight is 530 g/mol. The number of fused-ring (bicyclic) bond motifs is 1. The van der Waals surface area contributed by atoms with Gasteiger partial charge in [-0.25, -0.2) is 4.79 Å². The fourth-order valence-electron chi connectivity index (χ4n) is 4.48. The van der Waals surface area contributed by atoms with Crippen LogP contribution in [0.15, 0.2) is 30.5 Å². The lowest BCUT2D eigenvalue weighted by atomic mass is 10.0. The molecule has 2 aromatic rings. The van der Waals surface area contributed by atoms with Crippen molar-refractivity contribution in [2.75, 3.05) is 6.54 Å². The Morgan fingerprint density at radius 1 is 1.00 bits per heavy atom. The number of likely N-dealkylation sites (tertiary alicyclic amines) is 1. The number of hydrogen-bond acceptors (Lipinski definition) is 7. The number of aromatic amines is 1. The van der Waals surface area contributed by atoms with E-state index in [4.69, 9.17) is 17.2 Å². The molecule has 4 unspecified atom stereocenters. The van der Waals surface area contributed by atoms with E-state index in [0.29, 0.717) is 6.42 Å². The van der Waals surface area contributed by atoms with Crippen LogP contribution < -0.4 is 27.8 Å². The van der Waals surface area contributed by atoms with E-state index in [2.05, 4.69) is 15.6 Å². The lowest BCUT2D eigenvalue weighted by Gasteiger charge is -2.28. The van der Waals surface area contributed by atoms with Crippen molar-refractivity contribution in [3.05, 3.63) is 36.0 Å². The molecule has 1 aromatic heterocycles. The quantitative estimate of drug-likeness (QED) is 0.159. The van der Waals surface area contributed by atoms with Crippen molar-refractivity contribution in [1.29, 1.82) is 0 Å². The van der Waals surface area contributed by atoms with Crippen LogP contribution in [-0.4, -0.2) is 81.2 Å². The van der Waals surface area contributed by atoms with Crippen LogP contribution in [0.2, 0.25) is 0 Å². The highest BCUT2D eigenvalue weighted by Crippen LogP contribution is 2.20. The number of aromatic nitrogens is 1. The van der Waals surface area contributed by atoms with Gasteiger partial charge in [-0.05, 0) is 30.9 Å². The summed E-state index contributed by atoms with van der Waals surface area (Å²) in [6.07, 6.45) is 1.24. The van der Waals surface area contributed by atoms with E-state index < -0.39 is 72.5 Å². The van der Waals surface area contributed by atoms with Gasteiger partial charge in [0.2, 0.25) is 29.5 Å². The van der Waals surface area contributed by atoms with Crippen LogP contribution in [0.1, 0.15) is 31.2 Å². The molecule has 2 heterocycles. The molecule has 1 aromatic carbocycles. The van der Waals surface area contributed by atoms with Crippen LogP contribution in [-0.2, 0) is 35.2 Å². The second kappa shape index (κ2) is 12.2. The van der Waals surface area contributed by atoms with Gasteiger partial charge in [0.05, 0.1) is 18.9 Å². The fourth-order valence-corrected chi connectivity index (χ4v) is 4.48. The van der Waals surface area contributed by atoms with Gasteiger partial charge in [0.1, 0.15) is 18.1 Å². The fraction of sp³-hybridized carbons (Fsp3) is 0.417. The molecule has 0 aliphatic carbocycles. The van der Waals surface area contributed by atoms with Gasteiger partial charge in [0.15, 0.2) is 0 Å². The van der Waals surface area contributed by atoms with E-state index in [9.17, 15) is 33.9 Å². The Morgan fingerprint density at radius 3 is 2.29 bits per heavy atom. The second-order valence-electron chi connectivity index (χ2n) is 9.16. The minimum absolute atomic E-state index is 0.116. The molecule has 5 amide bonds. The number of H-pyrrole nitrogens is 1. The molecule has 204 valence electrons. The van der Waals surface area contributed by atoms with E-state index in [1.54, 1.807) is 6.20 Å². The molecule has 4 atom stereocenters. The van der Waals surface area contributed by atoms with Crippen molar-refractivity contribution in [2.45, 2.75) is 56.3 Å². The van der Waals surface area contributed by atoms with Crippen LogP contribution >= 0.6 is 0 Å². The van der Waals surface area contributed by atoms with E-state index in [1.807, 2.05) is 24.3 Å². The van der Waals surface area contributed by atoms with Gasteiger partial charge >= 0.3 is 5.97 Å². The molecule has 1 aliphatic rings. The van der Waals surface area contributed by atoms with Crippen LogP contribution in [0.3, 0.4) is 0 Å². The number of nitrogens with zero attached hydrogens (tertiary/aromatic N) is 1. The number of nitrogens with one attached hydrogen (secondary N) is 3. The summed E-state index contributed by atoms with van der Waals surface area (Å²) in [4.78, 5) is 77.8. The molecule has 14 nitrogen and oxygen atoms in total. The number of hydrogen-bond donors (Lipinski definition) is 7. The number of carbonyl (C=O) groups is 6. The third-order valence-corrected chi connectivity index (χ3v) is 6.33. The molecule has 0 saturated carbocycles. The Bertz CT molecular complexity index is 1240. The minimum Gasteiger partial charge on any atom is -0.480 e. The predicted molar refractivity (Wildman–Crippen MR) is 134 cm³/mol. The summed E-state index contributed by atoms with van der Waals surface area (Å²) in [5, 5.41) is 14.9. The summed E-state index contributed by atoms with van der Waals surface area (Å²) in [6, 6.07) is 2.19. The third-order valence-electron chi connectivity index (χ3n) is 6.33. The van der Waals surface area contributed by atoms with Crippen molar-refractivity contribution in [3.8, 4) is 0 Å². The van der Waals surface area contributed by atoms with Gasteiger partial charge in [-0.1, -0.05) is 18.2 Å². The molecule has 0 spiro atoms. The summed E-state index contributed by atoms with van der Waals surface area (Å²) >= 11 is 0. The zero-order chi connectivity index (χ0) is 28.0. The molecule has 0 bridgehead atoms. The second-order valence-corrected chi connectivity index (χ2v) is 9.16. The summed E-state index contributed by atoms with van der Waals surface area (Å²) < 4.78 is 0. The van der Waals surface area contributed by atoms with Crippen molar-refractivity contribution in [2.24, 2.45) is 17.2 Å². The van der Waals surface area contributed by atoms with Crippen molar-refractivity contribution < 1.29 is 33.9 Å². The number of benzene rings is 1. The van der Waals surface area contributed by atoms with E-state index >= 15 is 0 Å². The van der Waals surface area contributed by atoms with Crippen LogP contribution in [0.4, 0.5) is 0 Å². The maximum atomic E-state index is 13.0. The standard InChI is InChI=1S/C24H31N7O7/c25-14(8-12-11-28-15-5-2-1-4-13(12)15)21(34)29-16(9-19(26)32)22(35)30-17(10-20(27)33)23(36)31-7-3-6-18(31)24(37)38/h1-2,4-5,11,14,16-18,28H,3,6-10,25H2,(H2,26,32)(H2,27,33)(H,29,34)(H,30,35)(H,37,38). The average Bonchev–Trinajstić information content (AvgIpc) is 3.50. The van der Waals surface area contributed by atoms with Gasteiger partial charge in [-0.15, -0.1) is 0 Å². The summed E-state index contributed by atoms with van der Waals surface area (Å²) in [6.45, 7) is 0.116. The van der Waals surface area contributed by atoms with Gasteiger partial charge in [0, 0.05) is 23.6 Å². The Kier molecular flexibility index (Phi) is 9.02. The van der Waals surface area contributed by atoms with Crippen molar-refractivity contribution in [1.82, 2.24) is 20.5 Å². The van der Waals surface area contributed by atoms with Gasteiger partial charge < -0.3 is 42.8 Å². The molecule has 1 saturated heterocycles. The Hall–Kier alpha value is -4.46. The highest BCUT2D eigenvalue weighted by atomic mass is 16.4. The molecule has 38 heavy (non-hydrogen) atoms. The maximum Gasteiger partial charge on any atom is 0.326 e. The molecule has 1 aliphatic heterocycles. The third kappa shape index (κ3) is 6.85. The van der Waals surface area contributed by atoms with Crippen molar-refractivity contribution >= 4 is 46.4 Å². The minimum atomic E-state index is -1.51. The van der Waals surface area contributed by atoms with Crippen LogP contribution in [0, 0.1) is 0 Å². The number of primary amides is 2. The number of carbonyl (C=O) groups excluding carboxylic acids is 5. The topological polar surface area (TPSA) is 244 Å². The highest BCUT2D eigenvalue weighted by molar-refractivity contribution is 5.98. The molecular weight excluding hydrogens is 498 g/mol. The first-order chi connectivity index (χ1) is 18.0. The number of aliphatic carboxylic acids is 1. The number of nitrogens with two attached hydrogens (primary N) is 3. The van der Waals surface area contributed by atoms with Crippen LogP contribution in [0.25, 0.3) is 10.9 Å². The van der Waals surface area contributed by atoms with Gasteiger partial charge in [0.25, 0.3) is 0 Å². The molecule has 1 fully saturated rings. The summed E-state index contributed by atoms with van der Waals surface area (Å²) in [7, 11) is 0. The molecule has 3 rings (SSSR count). The van der Waals surface area contributed by atoms with E-state index in [-0.39, 0.29) is 19.4 Å². The maximum absolute atomic E-state index is 13.0. The highest BCUT2D eigenvalue weighted by Gasteiger charge is 2.39. The van der Waals surface area contributed by atoms with Gasteiger partial charge in [-0.2, -0.15) is 0 Å². The number of para-hydroxylation sites is 1. The van der Waals surface area contributed by atoms with Crippen LogP contribution in [0.5, 0.6) is 0 Å². The van der Waals surface area contributed by atoms with E-state index in [0.717, 1.165) is 21.4 Å². The van der Waals surface area contributed by atoms with E-state index in [1.165, 1.54) is 0 Å². The van der Waals surface area contributed by atoms with Crippen molar-refractivity contribution in [3.63, 3.8) is 0 Å². The van der Waals surface area contributed by atoms with Gasteiger partial charge in [-0.3, -0.25) is 24.0 Å². The summed E-state index contributed by atoms with van der Waals surface area (Å²) in [5.41, 5.74) is 18.2. The first-order valence-corrected chi connectivity index (χ1v) is 12.0. The molecule has 14 heteroatoms. The SMILES string of the molecule is NC(=O)CC(NC(=O)C(N)Cc1c[nH]c2ccccc12)C(=O)NC(CC(N)=O)C(=O)N1CCCC1C(=O)O. The molecular formula is C24H31N7O7. The first-order valence-electron chi connectivity index (χ1n) is 12.0. The number of amides is 5. The smallest absolute Gasteiger partial charge is 0.326 e. The lowest BCUT2D eigenvalue weighted by Crippen LogP contribution is -2.58. The summed E-state index contributed by atoms with van der Waals surface area (Å²) in [5.74, 6) is -5.61. The number of carboxylic acids is 1. The Balaban J connectivity index is 1.72. The normalized spacial score (nSPS) is 17.4. The Labute approximate surface area is 217 Å². The zero-order valence-electron chi connectivity index (χ0n) is 20.5. The zero-order valence-corrected chi connectivity index (χ0v) is 20.5. The first kappa shape index (κ1) is 28.1. The number of carboxylic acid groups (broad SMARTS) is 1. The monoisotopic (exact) mass is 529 g/mol. The largest absolute Gasteiger partial charge is 0.480 e. The molecule has 0 radical (unpaired) electrons. The Morgan fingerprint density at radius 2 is 1.63 bits per heavy atom. The molecule has 10 N–H and O–H groups in total. The predicted octanol–water partition coefficient (Wildman–Crippen LogP) is -2.17. The number of rotatable bonds is 12. The lowest BCUT2D eigenvalue weighted by molar-refractivity contribution is -0.149.